The first-order valence-electron chi connectivity index (χ1n) is 6.15. The minimum Gasteiger partial charge on any atom is -0.383 e. The zero-order valence-corrected chi connectivity index (χ0v) is 11.1. The van der Waals surface area contributed by atoms with Crippen LogP contribution in [0.5, 0.6) is 0 Å². The van der Waals surface area contributed by atoms with Gasteiger partial charge in [-0.25, -0.2) is 4.98 Å². The summed E-state index contributed by atoms with van der Waals surface area (Å²) in [4.78, 5) is 6.46. The van der Waals surface area contributed by atoms with Crippen molar-refractivity contribution < 1.29 is 4.74 Å². The van der Waals surface area contributed by atoms with Crippen LogP contribution >= 0.6 is 0 Å². The minimum absolute atomic E-state index is 0.782. The molecule has 0 aliphatic carbocycles. The molecule has 0 bridgehead atoms. The standard InChI is InChI=1S/C12H24N4O/c1-4-13-9-12-10-14-11-16(12)6-5-15(2)7-8-17-3/h10-11,13H,4-9H2,1-3H3. The van der Waals surface area contributed by atoms with Crippen LogP contribution in [0.2, 0.25) is 0 Å². The number of methoxy groups -OCH3 is 1. The predicted molar refractivity (Wildman–Crippen MR) is 69.0 cm³/mol. The van der Waals surface area contributed by atoms with E-state index in [2.05, 4.69) is 33.7 Å². The summed E-state index contributed by atoms with van der Waals surface area (Å²) in [6.45, 7) is 7.72. The lowest BCUT2D eigenvalue weighted by Crippen LogP contribution is -2.27. The van der Waals surface area contributed by atoms with E-state index in [0.29, 0.717) is 0 Å². The van der Waals surface area contributed by atoms with Gasteiger partial charge in [0.2, 0.25) is 0 Å². The number of nitrogens with one attached hydrogen (secondary N) is 1. The first-order chi connectivity index (χ1) is 8.27. The summed E-state index contributed by atoms with van der Waals surface area (Å²) in [5.41, 5.74) is 1.24. The first-order valence-corrected chi connectivity index (χ1v) is 6.15. The maximum absolute atomic E-state index is 5.06. The fraction of sp³-hybridized carbons (Fsp3) is 0.750. The number of hydrogen-bond donors (Lipinski definition) is 1. The first kappa shape index (κ1) is 14.2. The third-order valence-electron chi connectivity index (χ3n) is 2.75. The number of hydrogen-bond acceptors (Lipinski definition) is 4. The van der Waals surface area contributed by atoms with E-state index in [9.17, 15) is 0 Å². The van der Waals surface area contributed by atoms with Gasteiger partial charge in [-0.05, 0) is 13.6 Å². The van der Waals surface area contributed by atoms with Crippen LogP contribution in [0, 0.1) is 0 Å². The molecule has 0 radical (unpaired) electrons. The molecule has 0 saturated heterocycles. The van der Waals surface area contributed by atoms with Gasteiger partial charge in [-0.1, -0.05) is 6.92 Å². The van der Waals surface area contributed by atoms with E-state index in [1.165, 1.54) is 5.69 Å². The highest BCUT2D eigenvalue weighted by Gasteiger charge is 2.03. The Morgan fingerprint density at radius 2 is 2.29 bits per heavy atom. The van der Waals surface area contributed by atoms with E-state index < -0.39 is 0 Å². The molecule has 0 atom stereocenters. The Bertz CT molecular complexity index is 300. The van der Waals surface area contributed by atoms with Crippen molar-refractivity contribution in [2.75, 3.05) is 40.4 Å². The fourth-order valence-electron chi connectivity index (χ4n) is 1.59. The molecule has 0 aromatic carbocycles. The lowest BCUT2D eigenvalue weighted by molar-refractivity contribution is 0.159. The lowest BCUT2D eigenvalue weighted by atomic mass is 10.4. The van der Waals surface area contributed by atoms with Crippen LogP contribution in [0.3, 0.4) is 0 Å². The van der Waals surface area contributed by atoms with Crippen LogP contribution in [0.1, 0.15) is 12.6 Å². The van der Waals surface area contributed by atoms with Crippen LogP contribution in [0.25, 0.3) is 0 Å². The van der Waals surface area contributed by atoms with Crippen molar-refractivity contribution >= 4 is 0 Å². The number of aromatic nitrogens is 2. The van der Waals surface area contributed by atoms with E-state index in [1.807, 2.05) is 12.5 Å². The molecule has 98 valence electrons. The van der Waals surface area contributed by atoms with Gasteiger partial charge in [0.15, 0.2) is 0 Å². The van der Waals surface area contributed by atoms with Crippen molar-refractivity contribution in [2.24, 2.45) is 0 Å². The van der Waals surface area contributed by atoms with Crippen LogP contribution in [-0.2, 0) is 17.8 Å². The third-order valence-corrected chi connectivity index (χ3v) is 2.75. The molecular weight excluding hydrogens is 216 g/mol. The SMILES string of the molecule is CCNCc1cncn1CCN(C)CCOC. The predicted octanol–water partition coefficient (Wildman–Crippen LogP) is 0.571. The zero-order valence-electron chi connectivity index (χ0n) is 11.1. The monoisotopic (exact) mass is 240 g/mol. The Kier molecular flexibility index (Phi) is 6.84. The number of imidazole rings is 1. The summed E-state index contributed by atoms with van der Waals surface area (Å²) in [6, 6.07) is 0. The van der Waals surface area contributed by atoms with E-state index in [0.717, 1.165) is 39.3 Å². The summed E-state index contributed by atoms with van der Waals surface area (Å²) in [5, 5.41) is 3.32. The molecule has 0 aliphatic heterocycles. The summed E-state index contributed by atoms with van der Waals surface area (Å²) in [5.74, 6) is 0. The molecule has 0 spiro atoms. The quantitative estimate of drug-likeness (QED) is 0.685. The molecule has 1 heterocycles. The minimum atomic E-state index is 0.782. The summed E-state index contributed by atoms with van der Waals surface area (Å²) >= 11 is 0. The van der Waals surface area contributed by atoms with Crippen LogP contribution in [0.15, 0.2) is 12.5 Å². The lowest BCUT2D eigenvalue weighted by Gasteiger charge is -2.17. The number of ether oxygens (including phenoxy) is 1. The van der Waals surface area contributed by atoms with E-state index in [4.69, 9.17) is 4.74 Å². The topological polar surface area (TPSA) is 42.3 Å². The Morgan fingerprint density at radius 3 is 3.00 bits per heavy atom. The molecule has 17 heavy (non-hydrogen) atoms. The number of nitrogens with zero attached hydrogens (tertiary/aromatic N) is 3. The molecule has 1 N–H and O–H groups in total. The fourth-order valence-corrected chi connectivity index (χ4v) is 1.59. The van der Waals surface area contributed by atoms with Gasteiger partial charge >= 0.3 is 0 Å². The van der Waals surface area contributed by atoms with Gasteiger partial charge in [-0.3, -0.25) is 0 Å². The maximum Gasteiger partial charge on any atom is 0.0949 e. The molecule has 1 aromatic heterocycles. The molecular formula is C12H24N4O. The molecule has 5 nitrogen and oxygen atoms in total. The highest BCUT2D eigenvalue weighted by Crippen LogP contribution is 1.99. The van der Waals surface area contributed by atoms with E-state index in [-0.39, 0.29) is 0 Å². The Labute approximate surface area is 104 Å². The van der Waals surface area contributed by atoms with Crippen molar-refractivity contribution in [1.82, 2.24) is 19.8 Å². The van der Waals surface area contributed by atoms with Gasteiger partial charge in [0.25, 0.3) is 0 Å². The van der Waals surface area contributed by atoms with Gasteiger partial charge in [-0.15, -0.1) is 0 Å². The van der Waals surface area contributed by atoms with Gasteiger partial charge < -0.3 is 19.5 Å². The van der Waals surface area contributed by atoms with Gasteiger partial charge in [0.1, 0.15) is 0 Å². The summed E-state index contributed by atoms with van der Waals surface area (Å²) in [6.07, 6.45) is 3.83. The van der Waals surface area contributed by atoms with Crippen molar-refractivity contribution in [1.29, 1.82) is 0 Å². The second kappa shape index (κ2) is 8.22. The van der Waals surface area contributed by atoms with Crippen LogP contribution in [-0.4, -0.2) is 54.8 Å². The Hall–Kier alpha value is -0.910. The highest BCUT2D eigenvalue weighted by atomic mass is 16.5. The molecule has 5 heteroatoms. The second-order valence-corrected chi connectivity index (χ2v) is 4.15. The van der Waals surface area contributed by atoms with Crippen LogP contribution < -0.4 is 5.32 Å². The van der Waals surface area contributed by atoms with Gasteiger partial charge in [-0.2, -0.15) is 0 Å². The largest absolute Gasteiger partial charge is 0.383 e. The average Bonchev–Trinajstić information content (AvgIpc) is 2.78. The smallest absolute Gasteiger partial charge is 0.0949 e. The van der Waals surface area contributed by atoms with Crippen molar-refractivity contribution in [2.45, 2.75) is 20.0 Å². The van der Waals surface area contributed by atoms with Crippen LogP contribution in [0.4, 0.5) is 0 Å². The maximum atomic E-state index is 5.06. The zero-order chi connectivity index (χ0) is 12.5. The second-order valence-electron chi connectivity index (χ2n) is 4.15. The van der Waals surface area contributed by atoms with Crippen molar-refractivity contribution in [3.63, 3.8) is 0 Å². The summed E-state index contributed by atoms with van der Waals surface area (Å²) in [7, 11) is 3.85. The Morgan fingerprint density at radius 1 is 1.47 bits per heavy atom. The van der Waals surface area contributed by atoms with Gasteiger partial charge in [0, 0.05) is 39.5 Å². The molecule has 1 rings (SSSR count). The van der Waals surface area contributed by atoms with E-state index in [1.54, 1.807) is 7.11 Å². The molecule has 0 saturated carbocycles. The van der Waals surface area contributed by atoms with E-state index >= 15 is 0 Å². The molecule has 1 aromatic rings. The molecule has 0 fully saturated rings. The number of likely N-dealkylation sites (N-methyl/N-ethyl adjacent to an activating group) is 1. The third kappa shape index (κ3) is 5.30. The van der Waals surface area contributed by atoms with Crippen molar-refractivity contribution in [3.8, 4) is 0 Å². The highest BCUT2D eigenvalue weighted by molar-refractivity contribution is 4.97. The molecule has 0 aliphatic rings. The summed E-state index contributed by atoms with van der Waals surface area (Å²) < 4.78 is 7.26. The van der Waals surface area contributed by atoms with Crippen molar-refractivity contribution in [3.05, 3.63) is 18.2 Å². The Balaban J connectivity index is 2.32. The van der Waals surface area contributed by atoms with Gasteiger partial charge in [0.05, 0.1) is 18.6 Å². The molecule has 0 amide bonds. The molecule has 0 unspecified atom stereocenters. The number of rotatable bonds is 9. The average molecular weight is 240 g/mol. The normalized spacial score (nSPS) is 11.3.